The van der Waals surface area contributed by atoms with E-state index in [1.54, 1.807) is 0 Å². The van der Waals surface area contributed by atoms with Crippen LogP contribution in [0.5, 0.6) is 0 Å². The molecule has 8 heterocycles. The number of hydrogen-bond donors (Lipinski definition) is 0. The largest absolute Gasteiger partial charge is 0.309 e. The molecule has 131 heavy (non-hydrogen) atoms. The zero-order valence-corrected chi connectivity index (χ0v) is 73.0. The SMILES string of the molecule is CC1(C)c2ccc(-c3ccc4c(c3)c3c5c6ccccc6n(-c6ccc(-c7cccc8c7sc7ccc(-c9ccc%10c(c9)c9c%11c%12ccccc%12n(-c%12ccc%13sc%14ccccc%14c%13c%12)c%11ccc9n%10-c9ccccc9)cc78)cc6)c5ccc3n4-c3ccccc3)cc2-c2cccc(-c3ccc(-n4c5ccccc5c5c6c7ccccc7n(-c7ccccc7)c6ccc54)cc3)c21. The summed E-state index contributed by atoms with van der Waals surface area (Å²) in [5.41, 5.74) is 35.8. The highest BCUT2D eigenvalue weighted by Gasteiger charge is 2.38. The molecule has 0 fully saturated rings. The molecule has 0 N–H and O–H groups in total. The van der Waals surface area contributed by atoms with Crippen molar-refractivity contribution in [3.05, 3.63) is 436 Å². The van der Waals surface area contributed by atoms with E-state index in [1.165, 1.54) is 244 Å². The van der Waals surface area contributed by atoms with Gasteiger partial charge in [-0.1, -0.05) is 250 Å². The van der Waals surface area contributed by atoms with Gasteiger partial charge in [-0.2, -0.15) is 0 Å². The molecule has 0 atom stereocenters. The minimum Gasteiger partial charge on any atom is -0.309 e. The van der Waals surface area contributed by atoms with Crippen LogP contribution in [0.15, 0.2) is 425 Å². The summed E-state index contributed by atoms with van der Waals surface area (Å²) in [5.74, 6) is 0. The van der Waals surface area contributed by atoms with Gasteiger partial charge < -0.3 is 27.4 Å². The van der Waals surface area contributed by atoms with Crippen molar-refractivity contribution >= 4 is 194 Å². The fourth-order valence-electron chi connectivity index (χ4n) is 23.4. The van der Waals surface area contributed by atoms with Gasteiger partial charge in [0, 0.05) is 145 Å². The number of para-hydroxylation sites is 7. The molecular weight excluding hydrogens is 1630 g/mol. The third-order valence-electron chi connectivity index (χ3n) is 29.0. The highest BCUT2D eigenvalue weighted by atomic mass is 32.1. The maximum absolute atomic E-state index is 2.49. The summed E-state index contributed by atoms with van der Waals surface area (Å²) in [6.07, 6.45) is 0. The van der Waals surface area contributed by atoms with Crippen molar-refractivity contribution in [2.45, 2.75) is 19.3 Å². The van der Waals surface area contributed by atoms with E-state index in [0.717, 1.165) is 28.4 Å². The minimum absolute atomic E-state index is 0.268. The monoisotopic (exact) mass is 1700 g/mol. The van der Waals surface area contributed by atoms with E-state index >= 15 is 0 Å². The third-order valence-corrected chi connectivity index (χ3v) is 31.3. The van der Waals surface area contributed by atoms with Crippen LogP contribution < -0.4 is 0 Å². The highest BCUT2D eigenvalue weighted by molar-refractivity contribution is 7.26. The van der Waals surface area contributed by atoms with Gasteiger partial charge in [0.05, 0.1) is 66.2 Å². The van der Waals surface area contributed by atoms with Crippen LogP contribution in [-0.2, 0) is 5.41 Å². The molecule has 29 rings (SSSR count). The minimum atomic E-state index is -0.268. The van der Waals surface area contributed by atoms with Gasteiger partial charge >= 0.3 is 0 Å². The Labute approximate surface area is 760 Å². The summed E-state index contributed by atoms with van der Waals surface area (Å²) in [6.45, 7) is 4.84. The molecular formula is C123H76N6S2. The van der Waals surface area contributed by atoms with Gasteiger partial charge in [-0.25, -0.2) is 0 Å². The van der Waals surface area contributed by atoms with E-state index in [-0.39, 0.29) is 5.41 Å². The van der Waals surface area contributed by atoms with E-state index in [2.05, 4.69) is 466 Å². The lowest BCUT2D eigenvalue weighted by Gasteiger charge is -2.24. The maximum atomic E-state index is 2.49. The van der Waals surface area contributed by atoms with Crippen LogP contribution in [-0.4, -0.2) is 27.4 Å². The average molecular weight is 1700 g/mol. The van der Waals surface area contributed by atoms with Crippen LogP contribution in [0.3, 0.4) is 0 Å². The highest BCUT2D eigenvalue weighted by Crippen LogP contribution is 2.56. The molecule has 0 unspecified atom stereocenters. The van der Waals surface area contributed by atoms with Crippen molar-refractivity contribution in [1.82, 2.24) is 27.4 Å². The van der Waals surface area contributed by atoms with Gasteiger partial charge in [0.15, 0.2) is 0 Å². The first-order valence-corrected chi connectivity index (χ1v) is 46.9. The predicted octanol–water partition coefficient (Wildman–Crippen LogP) is 34.0. The predicted molar refractivity (Wildman–Crippen MR) is 558 cm³/mol. The Morgan fingerprint density at radius 1 is 0.176 bits per heavy atom. The fourth-order valence-corrected chi connectivity index (χ4v) is 25.7. The Bertz CT molecular complexity index is 9810. The zero-order valence-electron chi connectivity index (χ0n) is 71.4. The number of fused-ring (bicyclic) bond motifs is 30. The second-order valence-corrected chi connectivity index (χ2v) is 38.2. The number of hydrogen-bond acceptors (Lipinski definition) is 2. The van der Waals surface area contributed by atoms with Crippen molar-refractivity contribution in [2.24, 2.45) is 0 Å². The number of rotatable bonds is 10. The Hall–Kier alpha value is -16.4. The average Bonchev–Trinajstić information content (AvgIpc) is 1.54. The van der Waals surface area contributed by atoms with E-state index in [1.807, 2.05) is 22.7 Å². The van der Waals surface area contributed by atoms with E-state index in [4.69, 9.17) is 0 Å². The lowest BCUT2D eigenvalue weighted by molar-refractivity contribution is 0.662. The molecule has 0 radical (unpaired) electrons. The van der Waals surface area contributed by atoms with Crippen molar-refractivity contribution in [3.8, 4) is 89.8 Å². The molecule has 0 amide bonds. The van der Waals surface area contributed by atoms with E-state index in [0.29, 0.717) is 0 Å². The smallest absolute Gasteiger partial charge is 0.0548 e. The maximum Gasteiger partial charge on any atom is 0.0548 e. The van der Waals surface area contributed by atoms with Crippen LogP contribution in [0.1, 0.15) is 25.0 Å². The van der Waals surface area contributed by atoms with Gasteiger partial charge in [0.25, 0.3) is 0 Å². The van der Waals surface area contributed by atoms with E-state index in [9.17, 15) is 0 Å². The molecule has 20 aromatic carbocycles. The summed E-state index contributed by atoms with van der Waals surface area (Å²) in [6, 6.07) is 160. The standard InChI is InChI=1S/C123H76N6S2/c1-123(2)99-57-48-75(68-94(99)88-37-22-35-85(121(88)123)73-44-52-82(53-45-73)127-101-40-18-13-32-91(101)116-107(127)61-60-106-115(116)90-31-12-17-39-100(90)124(106)79-24-6-3-7-25-79)76-49-58-104-97(70-76)119-110(125(104)80-26-8-4-9-27-80)64-62-108-117(119)92-33-14-19-41-102(92)128(108)83-54-46-74(47-55-83)86-36-23-38-89-95-69-78(51-66-114(95)131-122(86)89)77-50-59-105-98(71-77)120-111(126(105)81-28-10-5-11-29-81)65-63-109-118(120)93-34-15-20-42-103(93)129(109)84-56-67-113-96(72-84)87-30-16-21-43-112(87)130-113/h3-72H,1-2H3. The molecule has 8 aromatic heterocycles. The topological polar surface area (TPSA) is 29.6 Å². The van der Waals surface area contributed by atoms with Crippen molar-refractivity contribution in [1.29, 1.82) is 0 Å². The molecule has 28 aromatic rings. The molecule has 0 saturated heterocycles. The Balaban J connectivity index is 0.514. The molecule has 6 nitrogen and oxygen atoms in total. The van der Waals surface area contributed by atoms with Crippen LogP contribution in [0.4, 0.5) is 0 Å². The van der Waals surface area contributed by atoms with Crippen LogP contribution >= 0.6 is 22.7 Å². The zero-order chi connectivity index (χ0) is 85.7. The lowest BCUT2D eigenvalue weighted by Crippen LogP contribution is -2.16. The van der Waals surface area contributed by atoms with Crippen LogP contribution in [0, 0.1) is 0 Å². The Morgan fingerprint density at radius 3 is 0.969 bits per heavy atom. The fraction of sp³-hybridized carbons (Fsp3) is 0.0244. The molecule has 0 spiro atoms. The second kappa shape index (κ2) is 27.3. The lowest BCUT2D eigenvalue weighted by atomic mass is 9.78. The first-order chi connectivity index (χ1) is 64.8. The van der Waals surface area contributed by atoms with Crippen molar-refractivity contribution in [2.75, 3.05) is 0 Å². The third kappa shape index (κ3) is 10.3. The van der Waals surface area contributed by atoms with Crippen LogP contribution in [0.2, 0.25) is 0 Å². The van der Waals surface area contributed by atoms with Gasteiger partial charge in [0.1, 0.15) is 0 Å². The molecule has 0 bridgehead atoms. The number of aromatic nitrogens is 6. The first kappa shape index (κ1) is 72.8. The first-order valence-electron chi connectivity index (χ1n) is 45.3. The van der Waals surface area contributed by atoms with Gasteiger partial charge in [0.2, 0.25) is 0 Å². The number of nitrogens with zero attached hydrogens (tertiary/aromatic N) is 6. The summed E-state index contributed by atoms with van der Waals surface area (Å²) < 4.78 is 20.0. The summed E-state index contributed by atoms with van der Waals surface area (Å²) >= 11 is 3.76. The van der Waals surface area contributed by atoms with Gasteiger partial charge in [-0.15, -0.1) is 22.7 Å². The summed E-state index contributed by atoms with van der Waals surface area (Å²) in [5, 5.41) is 20.1. The Kier molecular flexibility index (Phi) is 15.2. The summed E-state index contributed by atoms with van der Waals surface area (Å²) in [4.78, 5) is 0. The normalized spacial score (nSPS) is 12.9. The number of benzene rings is 20. The van der Waals surface area contributed by atoms with Gasteiger partial charge in [-0.3, -0.25) is 0 Å². The molecule has 0 aliphatic heterocycles. The molecule has 1 aliphatic rings. The molecule has 610 valence electrons. The summed E-state index contributed by atoms with van der Waals surface area (Å²) in [7, 11) is 0. The number of thiophene rings is 2. The van der Waals surface area contributed by atoms with Crippen molar-refractivity contribution < 1.29 is 0 Å². The van der Waals surface area contributed by atoms with Crippen molar-refractivity contribution in [3.63, 3.8) is 0 Å². The van der Waals surface area contributed by atoms with Crippen LogP contribution in [0.25, 0.3) is 261 Å². The van der Waals surface area contributed by atoms with E-state index < -0.39 is 0 Å². The second-order valence-electron chi connectivity index (χ2n) is 36.1. The van der Waals surface area contributed by atoms with Gasteiger partial charge in [-0.05, 0) is 255 Å². The molecule has 1 aliphatic carbocycles. The molecule has 0 saturated carbocycles. The molecule has 8 heteroatoms. The Morgan fingerprint density at radius 2 is 0.481 bits per heavy atom. The quantitative estimate of drug-likeness (QED) is 0.131.